The molecule has 0 fully saturated rings. The maximum absolute atomic E-state index is 14.1. The molecule has 192 valence electrons. The van der Waals surface area contributed by atoms with Gasteiger partial charge in [-0.3, -0.25) is 4.99 Å². The summed E-state index contributed by atoms with van der Waals surface area (Å²) >= 11 is 0. The van der Waals surface area contributed by atoms with Crippen LogP contribution in [0, 0.1) is 5.82 Å². The zero-order valence-corrected chi connectivity index (χ0v) is 20.8. The summed E-state index contributed by atoms with van der Waals surface area (Å²) in [4.78, 5) is 18.1. The lowest BCUT2D eigenvalue weighted by molar-refractivity contribution is 0.418. The summed E-state index contributed by atoms with van der Waals surface area (Å²) in [6, 6.07) is 27.6. The van der Waals surface area contributed by atoms with Crippen LogP contribution in [0.2, 0.25) is 0 Å². The molecule has 5 aromatic rings. The molecule has 0 saturated heterocycles. The van der Waals surface area contributed by atoms with Gasteiger partial charge in [-0.2, -0.15) is 0 Å². The summed E-state index contributed by atoms with van der Waals surface area (Å²) < 4.78 is 19.1. The number of rotatable bonds is 8. The summed E-state index contributed by atoms with van der Waals surface area (Å²) in [5, 5.41) is 3.94. The van der Waals surface area contributed by atoms with Crippen LogP contribution < -0.4 is 11.5 Å². The van der Waals surface area contributed by atoms with E-state index in [1.54, 1.807) is 30.3 Å². The van der Waals surface area contributed by atoms with E-state index in [-0.39, 0.29) is 29.7 Å². The summed E-state index contributed by atoms with van der Waals surface area (Å²) in [5.74, 6) is -0.00293. The van der Waals surface area contributed by atoms with Crippen molar-refractivity contribution in [2.45, 2.75) is 6.54 Å². The van der Waals surface area contributed by atoms with Crippen LogP contribution in [0.25, 0.3) is 5.70 Å². The maximum Gasteiger partial charge on any atom is 0.177 e. The van der Waals surface area contributed by atoms with Crippen molar-refractivity contribution in [1.29, 1.82) is 0 Å². The van der Waals surface area contributed by atoms with E-state index in [2.05, 4.69) is 20.1 Å². The van der Waals surface area contributed by atoms with Crippen molar-refractivity contribution in [3.05, 3.63) is 144 Å². The molecule has 3 aromatic carbocycles. The second kappa shape index (κ2) is 11.7. The number of aliphatic imine (C=N–C) groups is 2. The molecule has 0 radical (unpaired) electrons. The third-order valence-corrected chi connectivity index (χ3v) is 5.75. The molecule has 0 spiro atoms. The minimum atomic E-state index is -0.352. The minimum Gasteiger partial charge on any atom is -0.396 e. The number of aromatic nitrogens is 3. The van der Waals surface area contributed by atoms with Crippen LogP contribution in [0.5, 0.6) is 0 Å². The highest BCUT2D eigenvalue weighted by atomic mass is 19.1. The standard InChI is InChI=1S/C30H24FN7O/c31-23-14-8-7-13-22(23)18-34-26(25-15-16-39-38-25)17-24(32)30-35-19-27(29(33)37-30)36-28(20-9-3-1-4-10-20)21-11-5-2-6-12-21/h1-17,19H,18,32H2,(H2,33,35,37). The Morgan fingerprint density at radius 3 is 2.18 bits per heavy atom. The van der Waals surface area contributed by atoms with Gasteiger partial charge in [0.15, 0.2) is 11.6 Å². The number of anilines is 1. The van der Waals surface area contributed by atoms with Crippen molar-refractivity contribution < 1.29 is 8.91 Å². The highest BCUT2D eigenvalue weighted by Crippen LogP contribution is 2.23. The van der Waals surface area contributed by atoms with Gasteiger partial charge in [0.1, 0.15) is 23.5 Å². The first-order valence-corrected chi connectivity index (χ1v) is 12.1. The zero-order chi connectivity index (χ0) is 27.0. The number of nitrogens with two attached hydrogens (primary N) is 2. The van der Waals surface area contributed by atoms with Crippen molar-refractivity contribution in [2.75, 3.05) is 5.73 Å². The molecule has 0 bridgehead atoms. The first-order chi connectivity index (χ1) is 19.1. The second-order valence-electron chi connectivity index (χ2n) is 8.43. The van der Waals surface area contributed by atoms with Gasteiger partial charge in [0.05, 0.1) is 29.9 Å². The fourth-order valence-corrected chi connectivity index (χ4v) is 3.78. The van der Waals surface area contributed by atoms with Gasteiger partial charge in [-0.1, -0.05) is 84.0 Å². The molecule has 39 heavy (non-hydrogen) atoms. The van der Waals surface area contributed by atoms with Gasteiger partial charge in [-0.25, -0.2) is 19.4 Å². The Kier molecular flexibility index (Phi) is 7.59. The molecule has 0 unspecified atom stereocenters. The minimum absolute atomic E-state index is 0.0804. The zero-order valence-electron chi connectivity index (χ0n) is 20.8. The van der Waals surface area contributed by atoms with Gasteiger partial charge < -0.3 is 16.0 Å². The van der Waals surface area contributed by atoms with Gasteiger partial charge in [0.2, 0.25) is 0 Å². The number of nitrogens with zero attached hydrogens (tertiary/aromatic N) is 5. The normalized spacial score (nSPS) is 11.8. The average Bonchev–Trinajstić information content (AvgIpc) is 3.51. The van der Waals surface area contributed by atoms with Gasteiger partial charge in [-0.05, 0) is 12.1 Å². The van der Waals surface area contributed by atoms with E-state index < -0.39 is 0 Å². The van der Waals surface area contributed by atoms with Gasteiger partial charge in [0, 0.05) is 22.8 Å². The Labute approximate surface area is 224 Å². The first-order valence-electron chi connectivity index (χ1n) is 12.1. The Hall–Kier alpha value is -5.44. The predicted octanol–water partition coefficient (Wildman–Crippen LogP) is 5.34. The number of hydrogen-bond acceptors (Lipinski definition) is 8. The quantitative estimate of drug-likeness (QED) is 0.267. The van der Waals surface area contributed by atoms with Crippen molar-refractivity contribution in [3.8, 4) is 0 Å². The van der Waals surface area contributed by atoms with Crippen LogP contribution in [-0.2, 0) is 6.54 Å². The molecule has 2 aromatic heterocycles. The lowest BCUT2D eigenvalue weighted by atomic mass is 10.0. The molecule has 4 N–H and O–H groups in total. The summed E-state index contributed by atoms with van der Waals surface area (Å²) in [6.45, 7) is 0.0804. The predicted molar refractivity (Wildman–Crippen MR) is 150 cm³/mol. The Bertz CT molecular complexity index is 1610. The molecule has 2 heterocycles. The fourth-order valence-electron chi connectivity index (χ4n) is 3.78. The fraction of sp³-hybridized carbons (Fsp3) is 0.0333. The third kappa shape index (κ3) is 6.11. The molecule has 5 rings (SSSR count). The van der Waals surface area contributed by atoms with E-state index in [1.807, 2.05) is 60.7 Å². The topological polar surface area (TPSA) is 129 Å². The summed E-state index contributed by atoms with van der Waals surface area (Å²) in [7, 11) is 0. The van der Waals surface area contributed by atoms with Crippen LogP contribution in [0.3, 0.4) is 0 Å². The van der Waals surface area contributed by atoms with Gasteiger partial charge in [0.25, 0.3) is 0 Å². The maximum atomic E-state index is 14.1. The molecule has 8 nitrogen and oxygen atoms in total. The first kappa shape index (κ1) is 25.2. The highest BCUT2D eigenvalue weighted by Gasteiger charge is 2.13. The molecule has 0 aliphatic rings. The molecular weight excluding hydrogens is 493 g/mol. The van der Waals surface area contributed by atoms with E-state index in [0.717, 1.165) is 16.8 Å². The second-order valence-corrected chi connectivity index (χ2v) is 8.43. The lowest BCUT2D eigenvalue weighted by Gasteiger charge is -2.09. The average molecular weight is 518 g/mol. The highest BCUT2D eigenvalue weighted by molar-refractivity contribution is 6.14. The molecular formula is C30H24FN7O. The molecule has 0 saturated carbocycles. The van der Waals surface area contributed by atoms with E-state index in [0.29, 0.717) is 22.7 Å². The Morgan fingerprint density at radius 2 is 1.56 bits per heavy atom. The van der Waals surface area contributed by atoms with Gasteiger partial charge >= 0.3 is 0 Å². The van der Waals surface area contributed by atoms with Crippen molar-refractivity contribution in [3.63, 3.8) is 0 Å². The molecule has 0 atom stereocenters. The van der Waals surface area contributed by atoms with E-state index in [9.17, 15) is 4.39 Å². The van der Waals surface area contributed by atoms with Crippen LogP contribution in [0.1, 0.15) is 28.2 Å². The molecule has 0 amide bonds. The van der Waals surface area contributed by atoms with Crippen molar-refractivity contribution in [1.82, 2.24) is 15.1 Å². The van der Waals surface area contributed by atoms with Crippen molar-refractivity contribution in [2.24, 2.45) is 15.7 Å². The SMILES string of the molecule is NC(=CC(=NCc1ccccc1F)c1ccon1)c1ncc(N=C(c2ccccc2)c2ccccc2)c(N)n1. The Balaban J connectivity index is 1.48. The molecule has 9 heteroatoms. The number of benzene rings is 3. The van der Waals surface area contributed by atoms with E-state index in [4.69, 9.17) is 21.0 Å². The number of allylic oxidation sites excluding steroid dienone is 1. The Morgan fingerprint density at radius 1 is 0.897 bits per heavy atom. The third-order valence-electron chi connectivity index (χ3n) is 5.75. The lowest BCUT2D eigenvalue weighted by Crippen LogP contribution is -2.09. The molecule has 0 aliphatic heterocycles. The van der Waals surface area contributed by atoms with Crippen LogP contribution in [-0.4, -0.2) is 26.5 Å². The van der Waals surface area contributed by atoms with Crippen LogP contribution in [0.4, 0.5) is 15.9 Å². The number of nitrogen functional groups attached to an aromatic ring is 1. The monoisotopic (exact) mass is 517 g/mol. The van der Waals surface area contributed by atoms with E-state index in [1.165, 1.54) is 18.5 Å². The molecule has 0 aliphatic carbocycles. The number of hydrogen-bond donors (Lipinski definition) is 2. The smallest absolute Gasteiger partial charge is 0.177 e. The largest absolute Gasteiger partial charge is 0.396 e. The summed E-state index contributed by atoms with van der Waals surface area (Å²) in [5.41, 5.74) is 17.1. The van der Waals surface area contributed by atoms with Crippen molar-refractivity contribution >= 4 is 28.6 Å². The number of halogens is 1. The van der Waals surface area contributed by atoms with Crippen LogP contribution >= 0.6 is 0 Å². The van der Waals surface area contributed by atoms with Gasteiger partial charge in [-0.15, -0.1) is 0 Å². The summed E-state index contributed by atoms with van der Waals surface area (Å²) in [6.07, 6.45) is 4.49. The van der Waals surface area contributed by atoms with Crippen LogP contribution in [0.15, 0.2) is 124 Å². The van der Waals surface area contributed by atoms with E-state index >= 15 is 0 Å².